The zero-order valence-electron chi connectivity index (χ0n) is 14.8. The standard InChI is InChI=1S/C21H18F3O2P/c1-25-16-10-4-7-13-19(16)27(20-14-8-5-11-17(20)26-2)18-12-6-3-9-15(18)21(22,23)24/h3-14H,1-2H3. The van der Waals surface area contributed by atoms with Gasteiger partial charge in [-0.1, -0.05) is 54.6 Å². The lowest BCUT2D eigenvalue weighted by molar-refractivity contribution is -0.136. The van der Waals surface area contributed by atoms with Gasteiger partial charge in [0.25, 0.3) is 0 Å². The van der Waals surface area contributed by atoms with E-state index in [9.17, 15) is 13.2 Å². The molecule has 0 heterocycles. The summed E-state index contributed by atoms with van der Waals surface area (Å²) in [5, 5.41) is 1.63. The number of rotatable bonds is 5. The minimum Gasteiger partial charge on any atom is -0.496 e. The number of ether oxygens (including phenoxy) is 2. The zero-order valence-corrected chi connectivity index (χ0v) is 15.7. The van der Waals surface area contributed by atoms with E-state index in [1.54, 1.807) is 42.5 Å². The van der Waals surface area contributed by atoms with Crippen molar-refractivity contribution in [3.05, 3.63) is 78.4 Å². The van der Waals surface area contributed by atoms with Crippen molar-refractivity contribution >= 4 is 23.8 Å². The maximum absolute atomic E-state index is 13.8. The zero-order chi connectivity index (χ0) is 19.4. The fraction of sp³-hybridized carbons (Fsp3) is 0.143. The highest BCUT2D eigenvalue weighted by atomic mass is 31.1. The smallest absolute Gasteiger partial charge is 0.417 e. The molecular formula is C21H18F3O2P. The molecule has 0 radical (unpaired) electrons. The molecule has 27 heavy (non-hydrogen) atoms. The van der Waals surface area contributed by atoms with Crippen LogP contribution in [0.25, 0.3) is 0 Å². The van der Waals surface area contributed by atoms with Crippen molar-refractivity contribution in [2.45, 2.75) is 6.18 Å². The lowest BCUT2D eigenvalue weighted by atomic mass is 10.2. The maximum Gasteiger partial charge on any atom is 0.417 e. The van der Waals surface area contributed by atoms with Crippen LogP contribution in [0.3, 0.4) is 0 Å². The van der Waals surface area contributed by atoms with E-state index in [2.05, 4.69) is 0 Å². The van der Waals surface area contributed by atoms with Crippen LogP contribution in [0.2, 0.25) is 0 Å². The second-order valence-corrected chi connectivity index (χ2v) is 7.81. The van der Waals surface area contributed by atoms with E-state index in [1.165, 1.54) is 26.4 Å². The molecule has 0 N–H and O–H groups in total. The first kappa shape index (κ1) is 19.2. The van der Waals surface area contributed by atoms with Crippen molar-refractivity contribution < 1.29 is 22.6 Å². The normalized spacial score (nSPS) is 11.5. The van der Waals surface area contributed by atoms with Gasteiger partial charge in [0.2, 0.25) is 0 Å². The predicted molar refractivity (Wildman–Crippen MR) is 103 cm³/mol. The summed E-state index contributed by atoms with van der Waals surface area (Å²) in [6.45, 7) is 0. The molecule has 3 aromatic rings. The molecule has 0 saturated carbocycles. The predicted octanol–water partition coefficient (Wildman–Crippen LogP) is 4.48. The van der Waals surface area contributed by atoms with Crippen molar-refractivity contribution in [1.29, 1.82) is 0 Å². The van der Waals surface area contributed by atoms with E-state index in [1.807, 2.05) is 12.1 Å². The van der Waals surface area contributed by atoms with Crippen molar-refractivity contribution in [3.8, 4) is 11.5 Å². The Morgan fingerprint density at radius 1 is 0.630 bits per heavy atom. The first-order chi connectivity index (χ1) is 13.0. The second kappa shape index (κ2) is 8.01. The topological polar surface area (TPSA) is 18.5 Å². The summed E-state index contributed by atoms with van der Waals surface area (Å²) in [6.07, 6.45) is -4.46. The molecule has 0 fully saturated rings. The Bertz CT molecular complexity index is 878. The van der Waals surface area contributed by atoms with E-state index in [0.29, 0.717) is 22.1 Å². The summed E-state index contributed by atoms with van der Waals surface area (Å²) in [4.78, 5) is 0. The average molecular weight is 390 g/mol. The van der Waals surface area contributed by atoms with Crippen LogP contribution in [-0.2, 0) is 6.18 Å². The largest absolute Gasteiger partial charge is 0.496 e. The lowest BCUT2D eigenvalue weighted by Crippen LogP contribution is -2.28. The maximum atomic E-state index is 13.8. The van der Waals surface area contributed by atoms with Crippen molar-refractivity contribution in [2.75, 3.05) is 14.2 Å². The number of para-hydroxylation sites is 2. The third kappa shape index (κ3) is 3.93. The van der Waals surface area contributed by atoms with E-state index in [4.69, 9.17) is 9.47 Å². The molecule has 3 rings (SSSR count). The van der Waals surface area contributed by atoms with Gasteiger partial charge >= 0.3 is 6.18 Å². The quantitative estimate of drug-likeness (QED) is 0.598. The van der Waals surface area contributed by atoms with Gasteiger partial charge in [-0.05, 0) is 31.4 Å². The highest BCUT2D eigenvalue weighted by Crippen LogP contribution is 2.43. The van der Waals surface area contributed by atoms with Crippen LogP contribution in [-0.4, -0.2) is 14.2 Å². The first-order valence-corrected chi connectivity index (χ1v) is 9.54. The van der Waals surface area contributed by atoms with Crippen LogP contribution >= 0.6 is 7.92 Å². The van der Waals surface area contributed by atoms with Gasteiger partial charge in [0.15, 0.2) is 0 Å². The summed E-state index contributed by atoms with van der Waals surface area (Å²) in [5.74, 6) is 1.10. The van der Waals surface area contributed by atoms with Crippen LogP contribution in [0, 0.1) is 0 Å². The third-order valence-electron chi connectivity index (χ3n) is 4.10. The van der Waals surface area contributed by atoms with E-state index in [-0.39, 0.29) is 5.30 Å². The van der Waals surface area contributed by atoms with E-state index in [0.717, 1.165) is 6.07 Å². The summed E-state index contributed by atoms with van der Waals surface area (Å²) in [6, 6.07) is 20.0. The fourth-order valence-electron chi connectivity index (χ4n) is 2.93. The molecule has 0 aliphatic rings. The Morgan fingerprint density at radius 2 is 1.04 bits per heavy atom. The number of hydrogen-bond donors (Lipinski definition) is 0. The second-order valence-electron chi connectivity index (χ2n) is 5.69. The molecule has 0 amide bonds. The molecule has 0 saturated heterocycles. The molecule has 0 spiro atoms. The lowest BCUT2D eigenvalue weighted by Gasteiger charge is -2.25. The Balaban J connectivity index is 2.34. The van der Waals surface area contributed by atoms with Crippen LogP contribution < -0.4 is 25.4 Å². The Morgan fingerprint density at radius 3 is 1.48 bits per heavy atom. The summed E-state index contributed by atoms with van der Waals surface area (Å²) >= 11 is 0. The average Bonchev–Trinajstić information content (AvgIpc) is 2.68. The molecule has 140 valence electrons. The molecule has 3 aromatic carbocycles. The number of hydrogen-bond acceptors (Lipinski definition) is 2. The molecular weight excluding hydrogens is 372 g/mol. The number of alkyl halides is 3. The number of halogens is 3. The molecule has 0 aliphatic carbocycles. The van der Waals surface area contributed by atoms with Gasteiger partial charge in [0.05, 0.1) is 19.8 Å². The van der Waals surface area contributed by atoms with Gasteiger partial charge in [-0.25, -0.2) is 0 Å². The summed E-state index contributed by atoms with van der Waals surface area (Å²) < 4.78 is 52.2. The van der Waals surface area contributed by atoms with E-state index >= 15 is 0 Å². The molecule has 0 atom stereocenters. The van der Waals surface area contributed by atoms with Crippen LogP contribution in [0.1, 0.15) is 5.56 Å². The van der Waals surface area contributed by atoms with Crippen molar-refractivity contribution in [2.24, 2.45) is 0 Å². The molecule has 6 heteroatoms. The number of benzene rings is 3. The Hall–Kier alpha value is -2.52. The van der Waals surface area contributed by atoms with Gasteiger partial charge in [0, 0.05) is 10.6 Å². The van der Waals surface area contributed by atoms with Crippen LogP contribution in [0.15, 0.2) is 72.8 Å². The highest BCUT2D eigenvalue weighted by Gasteiger charge is 2.37. The van der Waals surface area contributed by atoms with Gasteiger partial charge in [-0.15, -0.1) is 0 Å². The van der Waals surface area contributed by atoms with E-state index < -0.39 is 19.7 Å². The van der Waals surface area contributed by atoms with Crippen LogP contribution in [0.5, 0.6) is 11.5 Å². The minimum absolute atomic E-state index is 0.217. The van der Waals surface area contributed by atoms with Gasteiger partial charge in [0.1, 0.15) is 11.5 Å². The van der Waals surface area contributed by atoms with Crippen molar-refractivity contribution in [3.63, 3.8) is 0 Å². The summed E-state index contributed by atoms with van der Waals surface area (Å²) in [5.41, 5.74) is -0.645. The third-order valence-corrected chi connectivity index (χ3v) is 6.68. The Kier molecular flexibility index (Phi) is 5.71. The fourth-order valence-corrected chi connectivity index (χ4v) is 5.63. The minimum atomic E-state index is -4.46. The molecule has 0 aliphatic heterocycles. The van der Waals surface area contributed by atoms with Gasteiger partial charge in [-0.3, -0.25) is 0 Å². The molecule has 2 nitrogen and oxygen atoms in total. The Labute approximate surface area is 157 Å². The molecule has 0 bridgehead atoms. The van der Waals surface area contributed by atoms with Crippen molar-refractivity contribution in [1.82, 2.24) is 0 Å². The SMILES string of the molecule is COc1ccccc1P(c1ccccc1OC)c1ccccc1C(F)(F)F. The van der Waals surface area contributed by atoms with Gasteiger partial charge < -0.3 is 9.47 Å². The first-order valence-electron chi connectivity index (χ1n) is 8.19. The number of methoxy groups -OCH3 is 2. The molecule has 0 aromatic heterocycles. The van der Waals surface area contributed by atoms with Gasteiger partial charge in [-0.2, -0.15) is 13.2 Å². The highest BCUT2D eigenvalue weighted by molar-refractivity contribution is 7.80. The van der Waals surface area contributed by atoms with Crippen LogP contribution in [0.4, 0.5) is 13.2 Å². The molecule has 0 unspecified atom stereocenters. The monoisotopic (exact) mass is 390 g/mol. The summed E-state index contributed by atoms with van der Waals surface area (Å²) in [7, 11) is 1.48.